The Labute approximate surface area is 80.7 Å². The summed E-state index contributed by atoms with van der Waals surface area (Å²) in [7, 11) is -3.65. The van der Waals surface area contributed by atoms with Crippen molar-refractivity contribution in [2.75, 3.05) is 5.73 Å². The van der Waals surface area contributed by atoms with Gasteiger partial charge < -0.3 is 5.73 Å². The summed E-state index contributed by atoms with van der Waals surface area (Å²) in [5, 5.41) is 0.177. The molecule has 0 aromatic heterocycles. The van der Waals surface area contributed by atoms with E-state index in [4.69, 9.17) is 23.2 Å². The van der Waals surface area contributed by atoms with Gasteiger partial charge in [0.1, 0.15) is 0 Å². The summed E-state index contributed by atoms with van der Waals surface area (Å²) < 4.78 is 22.3. The Kier molecular flexibility index (Phi) is 2.77. The lowest BCUT2D eigenvalue weighted by Crippen LogP contribution is -2.30. The Bertz CT molecular complexity index is 418. The summed E-state index contributed by atoms with van der Waals surface area (Å²) in [5.74, 6) is 4.81. The molecular formula is C6H8ClN3O2S. The number of hydrogen-bond donors (Lipinski definition) is 3. The van der Waals surface area contributed by atoms with Gasteiger partial charge in [-0.25, -0.2) is 8.42 Å². The Balaban J connectivity index is 3.27. The smallest absolute Gasteiger partial charge is 0.253 e. The molecule has 0 radical (unpaired) electrons. The topological polar surface area (TPSA) is 98.2 Å². The van der Waals surface area contributed by atoms with Crippen molar-refractivity contribution in [3.05, 3.63) is 23.2 Å². The zero-order valence-corrected chi connectivity index (χ0v) is 8.06. The van der Waals surface area contributed by atoms with Crippen LogP contribution in [0.25, 0.3) is 0 Å². The molecule has 5 nitrogen and oxygen atoms in total. The van der Waals surface area contributed by atoms with E-state index in [1.807, 2.05) is 0 Å². The highest BCUT2D eigenvalue weighted by Crippen LogP contribution is 2.21. The first-order valence-corrected chi connectivity index (χ1v) is 5.11. The van der Waals surface area contributed by atoms with Crippen LogP contribution in [-0.2, 0) is 10.0 Å². The molecule has 0 spiro atoms. The molecule has 0 saturated carbocycles. The van der Waals surface area contributed by atoms with Crippen molar-refractivity contribution in [3.8, 4) is 0 Å². The summed E-state index contributed by atoms with van der Waals surface area (Å²) in [5.41, 5.74) is 5.71. The molecular weight excluding hydrogens is 214 g/mol. The zero-order chi connectivity index (χ0) is 10.1. The van der Waals surface area contributed by atoms with Crippen LogP contribution in [0.3, 0.4) is 0 Å². The highest BCUT2D eigenvalue weighted by Gasteiger charge is 2.12. The third-order valence-electron chi connectivity index (χ3n) is 1.44. The largest absolute Gasteiger partial charge is 0.398 e. The number of rotatable bonds is 2. The minimum Gasteiger partial charge on any atom is -0.398 e. The number of sulfonamides is 1. The van der Waals surface area contributed by atoms with E-state index in [2.05, 4.69) is 0 Å². The first-order chi connectivity index (χ1) is 5.97. The Morgan fingerprint density at radius 1 is 1.38 bits per heavy atom. The van der Waals surface area contributed by atoms with Crippen LogP contribution in [0.4, 0.5) is 5.69 Å². The van der Waals surface area contributed by atoms with Gasteiger partial charge in [-0.2, -0.15) is 4.83 Å². The monoisotopic (exact) mass is 221 g/mol. The molecule has 5 N–H and O–H groups in total. The number of nitrogens with two attached hydrogens (primary N) is 2. The van der Waals surface area contributed by atoms with Crippen LogP contribution in [-0.4, -0.2) is 8.42 Å². The second-order valence-corrected chi connectivity index (χ2v) is 4.43. The van der Waals surface area contributed by atoms with Crippen LogP contribution in [0.5, 0.6) is 0 Å². The van der Waals surface area contributed by atoms with Crippen molar-refractivity contribution in [1.29, 1.82) is 0 Å². The molecule has 0 fully saturated rings. The first-order valence-electron chi connectivity index (χ1n) is 3.25. The van der Waals surface area contributed by atoms with E-state index in [1.165, 1.54) is 18.2 Å². The maximum absolute atomic E-state index is 11.1. The van der Waals surface area contributed by atoms with Crippen molar-refractivity contribution < 1.29 is 8.42 Å². The summed E-state index contributed by atoms with van der Waals surface area (Å²) >= 11 is 5.62. The van der Waals surface area contributed by atoms with E-state index < -0.39 is 10.0 Å². The molecule has 0 aliphatic heterocycles. The lowest BCUT2D eigenvalue weighted by molar-refractivity contribution is 0.584. The highest BCUT2D eigenvalue weighted by molar-refractivity contribution is 7.89. The summed E-state index contributed by atoms with van der Waals surface area (Å²) in [6.07, 6.45) is 0. The van der Waals surface area contributed by atoms with Crippen LogP contribution in [0.2, 0.25) is 5.02 Å². The van der Waals surface area contributed by atoms with Gasteiger partial charge in [-0.1, -0.05) is 11.6 Å². The third kappa shape index (κ3) is 2.10. The lowest BCUT2D eigenvalue weighted by atomic mass is 10.3. The average Bonchev–Trinajstić information content (AvgIpc) is 2.09. The van der Waals surface area contributed by atoms with E-state index in [1.54, 1.807) is 4.83 Å². The standard InChI is InChI=1S/C6H8ClN3O2S/c7-5-3-4(1-2-6(5)8)13(11,12)10-9/h1-3,10H,8-9H2. The predicted octanol–water partition coefficient (Wildman–Crippen LogP) is 0.0742. The number of anilines is 1. The van der Waals surface area contributed by atoms with Gasteiger partial charge in [0.25, 0.3) is 10.0 Å². The lowest BCUT2D eigenvalue weighted by Gasteiger charge is -2.03. The second-order valence-electron chi connectivity index (χ2n) is 2.30. The molecule has 0 heterocycles. The summed E-state index contributed by atoms with van der Waals surface area (Å²) in [6.45, 7) is 0. The quantitative estimate of drug-likeness (QED) is 0.374. The number of nitrogen functional groups attached to an aromatic ring is 1. The van der Waals surface area contributed by atoms with Crippen molar-refractivity contribution in [1.82, 2.24) is 4.83 Å². The maximum atomic E-state index is 11.1. The minimum atomic E-state index is -3.65. The first kappa shape index (κ1) is 10.3. The molecule has 0 aliphatic rings. The molecule has 7 heteroatoms. The molecule has 1 aromatic carbocycles. The van der Waals surface area contributed by atoms with Gasteiger partial charge in [0.15, 0.2) is 0 Å². The van der Waals surface area contributed by atoms with Gasteiger partial charge in [0.05, 0.1) is 15.6 Å². The number of hydrazine groups is 1. The molecule has 13 heavy (non-hydrogen) atoms. The molecule has 0 unspecified atom stereocenters. The molecule has 72 valence electrons. The molecule has 0 saturated heterocycles. The SMILES string of the molecule is NNS(=O)(=O)c1ccc(N)c(Cl)c1. The number of halogens is 1. The van der Waals surface area contributed by atoms with Gasteiger partial charge in [0, 0.05) is 0 Å². The highest BCUT2D eigenvalue weighted by atomic mass is 35.5. The van der Waals surface area contributed by atoms with Crippen LogP contribution >= 0.6 is 11.6 Å². The average molecular weight is 222 g/mol. The van der Waals surface area contributed by atoms with Gasteiger partial charge in [-0.3, -0.25) is 5.84 Å². The van der Waals surface area contributed by atoms with Gasteiger partial charge in [-0.05, 0) is 18.2 Å². The molecule has 0 aliphatic carbocycles. The molecule has 1 rings (SSSR count). The van der Waals surface area contributed by atoms with Gasteiger partial charge in [0.2, 0.25) is 0 Å². The zero-order valence-electron chi connectivity index (χ0n) is 6.49. The van der Waals surface area contributed by atoms with E-state index in [9.17, 15) is 8.42 Å². The molecule has 0 atom stereocenters. The van der Waals surface area contributed by atoms with E-state index in [0.717, 1.165) is 0 Å². The molecule has 0 amide bonds. The molecule has 0 bridgehead atoms. The van der Waals surface area contributed by atoms with Crippen molar-refractivity contribution in [2.45, 2.75) is 4.90 Å². The minimum absolute atomic E-state index is 0.0193. The van der Waals surface area contributed by atoms with Crippen molar-refractivity contribution in [2.24, 2.45) is 5.84 Å². The Morgan fingerprint density at radius 3 is 2.46 bits per heavy atom. The van der Waals surface area contributed by atoms with Gasteiger partial charge in [-0.15, -0.1) is 0 Å². The van der Waals surface area contributed by atoms with E-state index in [0.29, 0.717) is 5.69 Å². The Hall–Kier alpha value is -0.820. The van der Waals surface area contributed by atoms with Crippen LogP contribution in [0.1, 0.15) is 0 Å². The fourth-order valence-corrected chi connectivity index (χ4v) is 1.64. The normalized spacial score (nSPS) is 11.5. The maximum Gasteiger partial charge on any atom is 0.253 e. The van der Waals surface area contributed by atoms with E-state index in [-0.39, 0.29) is 9.92 Å². The van der Waals surface area contributed by atoms with Gasteiger partial charge >= 0.3 is 0 Å². The summed E-state index contributed by atoms with van der Waals surface area (Å²) in [4.78, 5) is 1.66. The third-order valence-corrected chi connectivity index (χ3v) is 2.95. The number of nitrogens with one attached hydrogen (secondary N) is 1. The van der Waals surface area contributed by atoms with E-state index >= 15 is 0 Å². The predicted molar refractivity (Wildman–Crippen MR) is 50.4 cm³/mol. The van der Waals surface area contributed by atoms with Crippen LogP contribution < -0.4 is 16.4 Å². The fourth-order valence-electron chi connectivity index (χ4n) is 0.743. The summed E-state index contributed by atoms with van der Waals surface area (Å²) in [6, 6.07) is 3.94. The fraction of sp³-hybridized carbons (Fsp3) is 0. The van der Waals surface area contributed by atoms with Crippen LogP contribution in [0, 0.1) is 0 Å². The van der Waals surface area contributed by atoms with Crippen LogP contribution in [0.15, 0.2) is 23.1 Å². The second kappa shape index (κ2) is 3.51. The van der Waals surface area contributed by atoms with Crippen molar-refractivity contribution in [3.63, 3.8) is 0 Å². The number of hydrogen-bond acceptors (Lipinski definition) is 4. The van der Waals surface area contributed by atoms with Crippen molar-refractivity contribution >= 4 is 27.3 Å². The number of benzene rings is 1. The Morgan fingerprint density at radius 2 is 2.00 bits per heavy atom. The molecule has 1 aromatic rings.